The maximum absolute atomic E-state index is 13.2. The Labute approximate surface area is 130 Å². The molecule has 0 amide bonds. The van der Waals surface area contributed by atoms with Gasteiger partial charge in [-0.05, 0) is 58.7 Å². The second-order valence-electron chi connectivity index (χ2n) is 4.52. The number of rotatable bonds is 3. The molecule has 0 aliphatic heterocycles. The molecule has 0 aromatic heterocycles. The van der Waals surface area contributed by atoms with E-state index in [1.54, 1.807) is 30.3 Å². The Morgan fingerprint density at radius 3 is 2.43 bits per heavy atom. The van der Waals surface area contributed by atoms with Gasteiger partial charge in [0.2, 0.25) is 0 Å². The monoisotopic (exact) mass is 343 g/mol. The average molecular weight is 344 g/mol. The van der Waals surface area contributed by atoms with E-state index in [9.17, 15) is 4.39 Å². The third-order valence-electron chi connectivity index (χ3n) is 3.09. The molecule has 0 bridgehead atoms. The van der Waals surface area contributed by atoms with Crippen LogP contribution >= 0.6 is 15.9 Å². The fraction of sp³-hybridized carbons (Fsp3) is 0.125. The molecule has 0 saturated heterocycles. The smallest absolute Gasteiger partial charge is 0.137 e. The molecule has 0 saturated carbocycles. The van der Waals surface area contributed by atoms with Gasteiger partial charge in [0, 0.05) is 11.7 Å². The zero-order chi connectivity index (χ0) is 15.4. The molecule has 1 N–H and O–H groups in total. The lowest BCUT2D eigenvalue weighted by atomic mass is 10.1. The van der Waals surface area contributed by atoms with Crippen molar-refractivity contribution in [2.45, 2.75) is 13.0 Å². The van der Waals surface area contributed by atoms with Crippen molar-refractivity contribution < 1.29 is 4.39 Å². The first kappa shape index (κ1) is 15.0. The summed E-state index contributed by atoms with van der Waals surface area (Å²) in [6.45, 7) is 1.93. The van der Waals surface area contributed by atoms with E-state index in [0.29, 0.717) is 15.6 Å². The highest BCUT2D eigenvalue weighted by Gasteiger charge is 2.09. The van der Waals surface area contributed by atoms with Crippen molar-refractivity contribution in [3.05, 3.63) is 63.4 Å². The minimum Gasteiger partial charge on any atom is -0.378 e. The number of nitriles is 2. The van der Waals surface area contributed by atoms with Gasteiger partial charge in [0.15, 0.2) is 0 Å². The first-order valence-electron chi connectivity index (χ1n) is 6.21. The Morgan fingerprint density at radius 2 is 1.81 bits per heavy atom. The summed E-state index contributed by atoms with van der Waals surface area (Å²) < 4.78 is 13.6. The molecule has 21 heavy (non-hydrogen) atoms. The molecule has 0 heterocycles. The summed E-state index contributed by atoms with van der Waals surface area (Å²) in [6, 6.07) is 13.7. The van der Waals surface area contributed by atoms with Crippen molar-refractivity contribution in [3.8, 4) is 12.1 Å². The standard InChI is InChI=1S/C16H11BrFN3/c1-10(11-3-5-16(18)15(17)7-11)21-14-4-2-12(8-19)13(6-14)9-20/h2-7,10,21H,1H3. The summed E-state index contributed by atoms with van der Waals surface area (Å²) in [5.74, 6) is -0.309. The van der Waals surface area contributed by atoms with Crippen LogP contribution in [0.25, 0.3) is 0 Å². The molecule has 2 aromatic rings. The van der Waals surface area contributed by atoms with Gasteiger partial charge in [-0.3, -0.25) is 0 Å². The summed E-state index contributed by atoms with van der Waals surface area (Å²) in [5, 5.41) is 21.1. The van der Waals surface area contributed by atoms with E-state index in [1.807, 2.05) is 19.1 Å². The maximum atomic E-state index is 13.2. The first-order chi connectivity index (χ1) is 10.0. The number of halogens is 2. The summed E-state index contributed by atoms with van der Waals surface area (Å²) >= 11 is 3.16. The van der Waals surface area contributed by atoms with Crippen molar-refractivity contribution in [3.63, 3.8) is 0 Å². The quantitative estimate of drug-likeness (QED) is 0.892. The van der Waals surface area contributed by atoms with Gasteiger partial charge >= 0.3 is 0 Å². The number of hydrogen-bond donors (Lipinski definition) is 1. The van der Waals surface area contributed by atoms with Gasteiger partial charge < -0.3 is 5.32 Å². The van der Waals surface area contributed by atoms with E-state index in [1.165, 1.54) is 6.07 Å². The summed E-state index contributed by atoms with van der Waals surface area (Å²) in [4.78, 5) is 0. The van der Waals surface area contributed by atoms with Gasteiger partial charge in [0.1, 0.15) is 18.0 Å². The Morgan fingerprint density at radius 1 is 1.10 bits per heavy atom. The van der Waals surface area contributed by atoms with Gasteiger partial charge in [-0.2, -0.15) is 10.5 Å². The second-order valence-corrected chi connectivity index (χ2v) is 5.38. The molecule has 0 radical (unpaired) electrons. The highest BCUT2D eigenvalue weighted by Crippen LogP contribution is 2.25. The van der Waals surface area contributed by atoms with Gasteiger partial charge in [-0.15, -0.1) is 0 Å². The minimum atomic E-state index is -0.309. The molecule has 2 aromatic carbocycles. The first-order valence-corrected chi connectivity index (χ1v) is 7.00. The maximum Gasteiger partial charge on any atom is 0.137 e. The van der Waals surface area contributed by atoms with Gasteiger partial charge in [-0.1, -0.05) is 6.07 Å². The van der Waals surface area contributed by atoms with Crippen molar-refractivity contribution in [1.29, 1.82) is 10.5 Å². The number of nitrogens with zero attached hydrogens (tertiary/aromatic N) is 2. The average Bonchev–Trinajstić information content (AvgIpc) is 2.49. The third-order valence-corrected chi connectivity index (χ3v) is 3.70. The molecule has 0 aliphatic rings. The van der Waals surface area contributed by atoms with Crippen molar-refractivity contribution in [2.75, 3.05) is 5.32 Å². The zero-order valence-corrected chi connectivity index (χ0v) is 12.8. The van der Waals surface area contributed by atoms with Gasteiger partial charge in [0.05, 0.1) is 15.6 Å². The van der Waals surface area contributed by atoms with Crippen LogP contribution in [0, 0.1) is 28.5 Å². The van der Waals surface area contributed by atoms with Crippen LogP contribution in [0.2, 0.25) is 0 Å². The van der Waals surface area contributed by atoms with Crippen LogP contribution in [0.5, 0.6) is 0 Å². The summed E-state index contributed by atoms with van der Waals surface area (Å²) in [7, 11) is 0. The third kappa shape index (κ3) is 3.39. The van der Waals surface area contributed by atoms with E-state index < -0.39 is 0 Å². The molecule has 0 spiro atoms. The Hall–Kier alpha value is -2.37. The molecule has 3 nitrogen and oxygen atoms in total. The lowest BCUT2D eigenvalue weighted by Gasteiger charge is -2.16. The van der Waals surface area contributed by atoms with Crippen molar-refractivity contribution in [2.24, 2.45) is 0 Å². The Kier molecular flexibility index (Phi) is 4.57. The van der Waals surface area contributed by atoms with Crippen LogP contribution in [-0.4, -0.2) is 0 Å². The summed E-state index contributed by atoms with van der Waals surface area (Å²) in [6.07, 6.45) is 0. The van der Waals surface area contributed by atoms with E-state index in [0.717, 1.165) is 11.3 Å². The molecule has 0 fully saturated rings. The molecule has 5 heteroatoms. The minimum absolute atomic E-state index is 0.0682. The molecule has 104 valence electrons. The van der Waals surface area contributed by atoms with Crippen LogP contribution in [0.15, 0.2) is 40.9 Å². The fourth-order valence-electron chi connectivity index (χ4n) is 1.94. The van der Waals surface area contributed by atoms with E-state index >= 15 is 0 Å². The Bertz CT molecular complexity index is 759. The molecular weight excluding hydrogens is 333 g/mol. The lowest BCUT2D eigenvalue weighted by molar-refractivity contribution is 0.619. The fourth-order valence-corrected chi connectivity index (χ4v) is 2.34. The van der Waals surface area contributed by atoms with Crippen LogP contribution in [0.1, 0.15) is 29.7 Å². The molecule has 0 aliphatic carbocycles. The number of anilines is 1. The van der Waals surface area contributed by atoms with E-state index in [4.69, 9.17) is 10.5 Å². The van der Waals surface area contributed by atoms with Gasteiger partial charge in [-0.25, -0.2) is 4.39 Å². The SMILES string of the molecule is CC(Nc1ccc(C#N)c(C#N)c1)c1ccc(F)c(Br)c1. The zero-order valence-electron chi connectivity index (χ0n) is 11.2. The highest BCUT2D eigenvalue weighted by atomic mass is 79.9. The molecular formula is C16H11BrFN3. The van der Waals surface area contributed by atoms with E-state index in [-0.39, 0.29) is 11.9 Å². The highest BCUT2D eigenvalue weighted by molar-refractivity contribution is 9.10. The van der Waals surface area contributed by atoms with E-state index in [2.05, 4.69) is 21.2 Å². The van der Waals surface area contributed by atoms with Crippen LogP contribution in [0.4, 0.5) is 10.1 Å². The number of benzene rings is 2. The molecule has 1 atom stereocenters. The summed E-state index contributed by atoms with van der Waals surface area (Å²) in [5.41, 5.74) is 2.32. The molecule has 2 rings (SSSR count). The van der Waals surface area contributed by atoms with Crippen molar-refractivity contribution in [1.82, 2.24) is 0 Å². The van der Waals surface area contributed by atoms with Crippen molar-refractivity contribution >= 4 is 21.6 Å². The van der Waals surface area contributed by atoms with Crippen LogP contribution in [-0.2, 0) is 0 Å². The van der Waals surface area contributed by atoms with Crippen LogP contribution < -0.4 is 5.32 Å². The van der Waals surface area contributed by atoms with Gasteiger partial charge in [0.25, 0.3) is 0 Å². The largest absolute Gasteiger partial charge is 0.378 e. The normalized spacial score (nSPS) is 11.3. The number of hydrogen-bond acceptors (Lipinski definition) is 3. The predicted molar refractivity (Wildman–Crippen MR) is 82.0 cm³/mol. The topological polar surface area (TPSA) is 59.6 Å². The van der Waals surface area contributed by atoms with Crippen LogP contribution in [0.3, 0.4) is 0 Å². The lowest BCUT2D eigenvalue weighted by Crippen LogP contribution is -2.07. The predicted octanol–water partition coefficient (Wildman–Crippen LogP) is 4.50. The molecule has 1 unspecified atom stereocenters. The number of nitrogens with one attached hydrogen (secondary N) is 1. The Balaban J connectivity index is 2.23. The second kappa shape index (κ2) is 6.39.